The fourth-order valence-corrected chi connectivity index (χ4v) is 3.34. The minimum atomic E-state index is 0.521. The van der Waals surface area contributed by atoms with Crippen molar-refractivity contribution in [2.75, 3.05) is 19.7 Å². The average Bonchev–Trinajstić information content (AvgIpc) is 3.19. The molecule has 1 heterocycles. The highest BCUT2D eigenvalue weighted by Gasteiger charge is 2.41. The minimum absolute atomic E-state index is 0.521. The summed E-state index contributed by atoms with van der Waals surface area (Å²) >= 11 is 0. The van der Waals surface area contributed by atoms with E-state index in [1.54, 1.807) is 0 Å². The lowest BCUT2D eigenvalue weighted by molar-refractivity contribution is 0.220. The average molecular weight is 260 g/mol. The maximum absolute atomic E-state index is 5.97. The first-order chi connectivity index (χ1) is 9.33. The van der Waals surface area contributed by atoms with Crippen molar-refractivity contribution in [2.45, 2.75) is 38.3 Å². The van der Waals surface area contributed by atoms with Gasteiger partial charge in [-0.3, -0.25) is 4.90 Å². The second-order valence-corrected chi connectivity index (χ2v) is 5.70. The molecule has 0 aromatic heterocycles. The van der Waals surface area contributed by atoms with Crippen molar-refractivity contribution < 1.29 is 4.74 Å². The van der Waals surface area contributed by atoms with Crippen LogP contribution in [0.3, 0.4) is 0 Å². The first-order valence-corrected chi connectivity index (χ1v) is 7.52. The molecule has 1 saturated heterocycles. The molecule has 2 N–H and O–H groups in total. The molecule has 2 unspecified atom stereocenters. The summed E-state index contributed by atoms with van der Waals surface area (Å²) < 4.78 is 5.52. The minimum Gasteiger partial charge on any atom is -0.494 e. The van der Waals surface area contributed by atoms with Crippen LogP contribution in [0.5, 0.6) is 5.75 Å². The number of hydrogen-bond donors (Lipinski definition) is 1. The van der Waals surface area contributed by atoms with Crippen LogP contribution in [0.15, 0.2) is 24.3 Å². The molecular weight excluding hydrogens is 236 g/mol. The van der Waals surface area contributed by atoms with Gasteiger partial charge in [0.2, 0.25) is 0 Å². The van der Waals surface area contributed by atoms with Gasteiger partial charge in [0.25, 0.3) is 0 Å². The zero-order valence-corrected chi connectivity index (χ0v) is 11.7. The van der Waals surface area contributed by atoms with Crippen LogP contribution < -0.4 is 10.5 Å². The molecule has 3 nitrogen and oxygen atoms in total. The van der Waals surface area contributed by atoms with Gasteiger partial charge < -0.3 is 10.5 Å². The van der Waals surface area contributed by atoms with Gasteiger partial charge in [-0.25, -0.2) is 0 Å². The number of nitrogens with two attached hydrogens (primary N) is 1. The van der Waals surface area contributed by atoms with Crippen molar-refractivity contribution in [2.24, 2.45) is 11.7 Å². The van der Waals surface area contributed by atoms with Gasteiger partial charge in [-0.1, -0.05) is 12.1 Å². The van der Waals surface area contributed by atoms with Crippen LogP contribution >= 0.6 is 0 Å². The van der Waals surface area contributed by atoms with Crippen molar-refractivity contribution in [3.8, 4) is 5.75 Å². The van der Waals surface area contributed by atoms with Crippen molar-refractivity contribution >= 4 is 0 Å². The molecule has 3 heteroatoms. The lowest BCUT2D eigenvalue weighted by Gasteiger charge is -2.28. The fraction of sp³-hybridized carbons (Fsp3) is 0.625. The third-order valence-electron chi connectivity index (χ3n) is 4.41. The first kappa shape index (κ1) is 12.9. The summed E-state index contributed by atoms with van der Waals surface area (Å²) in [6.07, 6.45) is 3.97. The molecule has 0 radical (unpaired) electrons. The van der Waals surface area contributed by atoms with E-state index < -0.39 is 0 Å². The van der Waals surface area contributed by atoms with E-state index in [1.165, 1.54) is 31.4 Å². The van der Waals surface area contributed by atoms with Crippen molar-refractivity contribution in [3.05, 3.63) is 29.8 Å². The molecule has 2 aliphatic rings. The van der Waals surface area contributed by atoms with Crippen molar-refractivity contribution in [3.63, 3.8) is 0 Å². The van der Waals surface area contributed by atoms with Crippen LogP contribution in [0, 0.1) is 5.92 Å². The van der Waals surface area contributed by atoms with E-state index >= 15 is 0 Å². The van der Waals surface area contributed by atoms with Gasteiger partial charge >= 0.3 is 0 Å². The van der Waals surface area contributed by atoms with Crippen LogP contribution in [-0.4, -0.2) is 30.6 Å². The van der Waals surface area contributed by atoms with Gasteiger partial charge in [-0.05, 0) is 62.9 Å². The van der Waals surface area contributed by atoms with Gasteiger partial charge in [0, 0.05) is 12.1 Å². The highest BCUT2D eigenvalue weighted by atomic mass is 16.5. The van der Waals surface area contributed by atoms with E-state index in [4.69, 9.17) is 10.5 Å². The zero-order valence-electron chi connectivity index (χ0n) is 11.7. The van der Waals surface area contributed by atoms with Crippen LogP contribution in [0.4, 0.5) is 0 Å². The Bertz CT molecular complexity index is 413. The molecule has 1 saturated carbocycles. The molecule has 3 rings (SSSR count). The number of hydrogen-bond acceptors (Lipinski definition) is 3. The number of ether oxygens (including phenoxy) is 1. The highest BCUT2D eigenvalue weighted by Crippen LogP contribution is 2.43. The predicted molar refractivity (Wildman–Crippen MR) is 77.2 cm³/mol. The third-order valence-corrected chi connectivity index (χ3v) is 4.41. The smallest absolute Gasteiger partial charge is 0.119 e. The van der Waals surface area contributed by atoms with E-state index in [0.717, 1.165) is 24.9 Å². The summed E-state index contributed by atoms with van der Waals surface area (Å²) in [6, 6.07) is 9.96. The van der Waals surface area contributed by atoms with E-state index in [9.17, 15) is 0 Å². The van der Waals surface area contributed by atoms with Gasteiger partial charge in [0.05, 0.1) is 6.61 Å². The standard InChI is InChI=1S/C16H24N2O/c1-2-19-15-7-3-12(4-8-15)16-13(11-17)9-10-18(16)14-5-6-14/h3-4,7-8,13-14,16H,2,5-6,9-11,17H2,1H3. The van der Waals surface area contributed by atoms with E-state index in [1.807, 2.05) is 6.92 Å². The van der Waals surface area contributed by atoms with E-state index in [-0.39, 0.29) is 0 Å². The molecule has 0 amide bonds. The topological polar surface area (TPSA) is 38.5 Å². The fourth-order valence-electron chi connectivity index (χ4n) is 3.34. The molecule has 19 heavy (non-hydrogen) atoms. The number of benzene rings is 1. The third kappa shape index (κ3) is 2.63. The normalized spacial score (nSPS) is 27.7. The number of likely N-dealkylation sites (tertiary alicyclic amines) is 1. The molecule has 1 aliphatic heterocycles. The zero-order chi connectivity index (χ0) is 13.2. The Balaban J connectivity index is 1.80. The van der Waals surface area contributed by atoms with Gasteiger partial charge in [-0.15, -0.1) is 0 Å². The monoisotopic (exact) mass is 260 g/mol. The summed E-state index contributed by atoms with van der Waals surface area (Å²) in [5, 5.41) is 0. The van der Waals surface area contributed by atoms with Crippen molar-refractivity contribution in [1.29, 1.82) is 0 Å². The quantitative estimate of drug-likeness (QED) is 0.884. The summed E-state index contributed by atoms with van der Waals surface area (Å²) in [5.74, 6) is 1.57. The Kier molecular flexibility index (Phi) is 3.76. The van der Waals surface area contributed by atoms with E-state index in [2.05, 4.69) is 29.2 Å². The number of nitrogens with zero attached hydrogens (tertiary/aromatic N) is 1. The van der Waals surface area contributed by atoms with Crippen LogP contribution in [0.25, 0.3) is 0 Å². The molecular formula is C16H24N2O. The van der Waals surface area contributed by atoms with Gasteiger partial charge in [-0.2, -0.15) is 0 Å². The highest BCUT2D eigenvalue weighted by molar-refractivity contribution is 5.30. The SMILES string of the molecule is CCOc1ccc(C2C(CN)CCN2C2CC2)cc1. The molecule has 1 aromatic carbocycles. The summed E-state index contributed by atoms with van der Waals surface area (Å²) in [4.78, 5) is 2.67. The second kappa shape index (κ2) is 5.51. The molecule has 0 spiro atoms. The summed E-state index contributed by atoms with van der Waals surface area (Å²) in [7, 11) is 0. The Morgan fingerprint density at radius 2 is 1.95 bits per heavy atom. The number of rotatable bonds is 5. The van der Waals surface area contributed by atoms with E-state index in [0.29, 0.717) is 12.0 Å². The molecule has 2 atom stereocenters. The largest absolute Gasteiger partial charge is 0.494 e. The summed E-state index contributed by atoms with van der Waals surface area (Å²) in [6.45, 7) is 4.75. The Morgan fingerprint density at radius 1 is 1.21 bits per heavy atom. The van der Waals surface area contributed by atoms with Crippen LogP contribution in [0.2, 0.25) is 0 Å². The van der Waals surface area contributed by atoms with Crippen molar-refractivity contribution in [1.82, 2.24) is 4.90 Å². The Hall–Kier alpha value is -1.06. The van der Waals surface area contributed by atoms with Crippen LogP contribution in [0.1, 0.15) is 37.8 Å². The first-order valence-electron chi connectivity index (χ1n) is 7.52. The Labute approximate surface area is 115 Å². The predicted octanol–water partition coefficient (Wildman–Crippen LogP) is 2.57. The maximum Gasteiger partial charge on any atom is 0.119 e. The van der Waals surface area contributed by atoms with Crippen LogP contribution in [-0.2, 0) is 0 Å². The summed E-state index contributed by atoms with van der Waals surface area (Å²) in [5.41, 5.74) is 7.38. The molecule has 1 aliphatic carbocycles. The molecule has 104 valence electrons. The maximum atomic E-state index is 5.97. The lowest BCUT2D eigenvalue weighted by Crippen LogP contribution is -2.29. The van der Waals surface area contributed by atoms with Gasteiger partial charge in [0.1, 0.15) is 5.75 Å². The Morgan fingerprint density at radius 3 is 2.53 bits per heavy atom. The second-order valence-electron chi connectivity index (χ2n) is 5.70. The molecule has 2 fully saturated rings. The lowest BCUT2D eigenvalue weighted by atomic mass is 9.93. The molecule has 1 aromatic rings. The molecule has 0 bridgehead atoms. The van der Waals surface area contributed by atoms with Gasteiger partial charge in [0.15, 0.2) is 0 Å².